The molecule has 2 aromatic carbocycles. The largest absolute Gasteiger partial charge is 0.481 e. The molecule has 0 amide bonds. The molecule has 0 heterocycles. The van der Waals surface area contributed by atoms with E-state index in [0.29, 0.717) is 4.47 Å². The van der Waals surface area contributed by atoms with Gasteiger partial charge < -0.3 is 5.11 Å². The van der Waals surface area contributed by atoms with Gasteiger partial charge in [0.1, 0.15) is 0 Å². The van der Waals surface area contributed by atoms with E-state index in [1.165, 1.54) is 18.2 Å². The van der Waals surface area contributed by atoms with Gasteiger partial charge in [-0.25, -0.2) is 8.42 Å². The molecule has 0 radical (unpaired) electrons. The molecule has 0 saturated carbocycles. The lowest BCUT2D eigenvalue weighted by Crippen LogP contribution is -2.32. The fourth-order valence-electron chi connectivity index (χ4n) is 2.34. The van der Waals surface area contributed by atoms with Gasteiger partial charge in [0.15, 0.2) is 4.90 Å². The first-order valence-electron chi connectivity index (χ1n) is 7.47. The van der Waals surface area contributed by atoms with Crippen LogP contribution in [0.3, 0.4) is 0 Å². The van der Waals surface area contributed by atoms with E-state index >= 15 is 0 Å². The Morgan fingerprint density at radius 1 is 1.19 bits per heavy atom. The highest BCUT2D eigenvalue weighted by Crippen LogP contribution is 2.31. The summed E-state index contributed by atoms with van der Waals surface area (Å²) in [7, 11) is -4.27. The second kappa shape index (κ2) is 8.28. The van der Waals surface area contributed by atoms with E-state index in [1.54, 1.807) is 18.2 Å². The van der Waals surface area contributed by atoms with E-state index in [4.69, 9.17) is 5.11 Å². The van der Waals surface area contributed by atoms with Gasteiger partial charge in [0.2, 0.25) is 0 Å². The molecule has 0 fully saturated rings. The topological polar surface area (TPSA) is 118 Å². The van der Waals surface area contributed by atoms with Crippen LogP contribution in [-0.2, 0) is 14.8 Å². The average molecular weight is 443 g/mol. The number of halogens is 1. The molecule has 0 atom stereocenters. The van der Waals surface area contributed by atoms with E-state index in [2.05, 4.69) is 15.9 Å². The average Bonchev–Trinajstić information content (AvgIpc) is 2.58. The number of para-hydroxylation sites is 1. The van der Waals surface area contributed by atoms with Crippen molar-refractivity contribution in [1.82, 2.24) is 0 Å². The second-order valence-corrected chi connectivity index (χ2v) is 8.03. The molecule has 0 bridgehead atoms. The Kier molecular flexibility index (Phi) is 6.32. The number of hydrogen-bond acceptors (Lipinski definition) is 5. The third-order valence-corrected chi connectivity index (χ3v) is 5.85. The van der Waals surface area contributed by atoms with Crippen molar-refractivity contribution in [3.63, 3.8) is 0 Å². The van der Waals surface area contributed by atoms with Gasteiger partial charge in [-0.15, -0.1) is 0 Å². The number of nitro groups is 1. The molecule has 0 aliphatic carbocycles. The van der Waals surface area contributed by atoms with Gasteiger partial charge in [-0.1, -0.05) is 34.1 Å². The summed E-state index contributed by atoms with van der Waals surface area (Å²) in [5, 5.41) is 20.0. The summed E-state index contributed by atoms with van der Waals surface area (Å²) in [6.45, 7) is -0.128. The van der Waals surface area contributed by atoms with Crippen LogP contribution < -0.4 is 4.31 Å². The van der Waals surface area contributed by atoms with Crippen LogP contribution in [-0.4, -0.2) is 31.0 Å². The molecule has 2 aromatic rings. The van der Waals surface area contributed by atoms with E-state index in [-0.39, 0.29) is 25.1 Å². The number of aliphatic carboxylic acids is 1. The lowest BCUT2D eigenvalue weighted by molar-refractivity contribution is -0.387. The zero-order chi connectivity index (χ0) is 19.3. The molecule has 0 spiro atoms. The third-order valence-electron chi connectivity index (χ3n) is 3.48. The van der Waals surface area contributed by atoms with Crippen molar-refractivity contribution in [3.8, 4) is 0 Å². The molecule has 138 valence electrons. The van der Waals surface area contributed by atoms with E-state index in [1.807, 2.05) is 0 Å². The van der Waals surface area contributed by atoms with Crippen LogP contribution in [0.5, 0.6) is 0 Å². The van der Waals surface area contributed by atoms with Crippen LogP contribution in [0.2, 0.25) is 0 Å². The van der Waals surface area contributed by atoms with Crippen molar-refractivity contribution in [2.45, 2.75) is 17.7 Å². The molecule has 0 aliphatic heterocycles. The monoisotopic (exact) mass is 442 g/mol. The summed E-state index contributed by atoms with van der Waals surface area (Å²) < 4.78 is 27.8. The highest BCUT2D eigenvalue weighted by atomic mass is 79.9. The van der Waals surface area contributed by atoms with E-state index in [9.17, 15) is 23.3 Å². The number of benzene rings is 2. The maximum absolute atomic E-state index is 13.1. The number of carboxylic acids is 1. The van der Waals surface area contributed by atoms with Crippen molar-refractivity contribution < 1.29 is 23.2 Å². The smallest absolute Gasteiger partial charge is 0.303 e. The fourth-order valence-corrected chi connectivity index (χ4v) is 4.38. The van der Waals surface area contributed by atoms with Gasteiger partial charge in [0.25, 0.3) is 15.7 Å². The molecule has 0 saturated heterocycles. The lowest BCUT2D eigenvalue weighted by atomic mass is 10.3. The van der Waals surface area contributed by atoms with Gasteiger partial charge in [0, 0.05) is 23.5 Å². The van der Waals surface area contributed by atoms with Crippen LogP contribution >= 0.6 is 15.9 Å². The van der Waals surface area contributed by atoms with Crippen molar-refractivity contribution in [2.75, 3.05) is 10.8 Å². The Labute approximate surface area is 158 Å². The van der Waals surface area contributed by atoms with Crippen molar-refractivity contribution in [1.29, 1.82) is 0 Å². The Balaban J connectivity index is 2.53. The minimum atomic E-state index is -4.27. The van der Waals surface area contributed by atoms with Gasteiger partial charge in [-0.2, -0.15) is 0 Å². The zero-order valence-electron chi connectivity index (χ0n) is 13.4. The highest BCUT2D eigenvalue weighted by molar-refractivity contribution is 9.10. The summed E-state index contributed by atoms with van der Waals surface area (Å²) in [6.07, 6.45) is -0.168. The lowest BCUT2D eigenvalue weighted by Gasteiger charge is -2.24. The van der Waals surface area contributed by atoms with Gasteiger partial charge in [-0.05, 0) is 30.7 Å². The Bertz CT molecular complexity index is 932. The normalized spacial score (nSPS) is 11.1. The Hall–Kier alpha value is -2.46. The number of anilines is 1. The molecule has 2 rings (SSSR count). The number of carbonyl (C=O) groups is 1. The summed E-state index contributed by atoms with van der Waals surface area (Å²) in [6, 6.07) is 11.5. The Morgan fingerprint density at radius 2 is 1.88 bits per heavy atom. The van der Waals surface area contributed by atoms with Crippen LogP contribution in [0.15, 0.2) is 57.9 Å². The molecule has 8 nitrogen and oxygen atoms in total. The maximum atomic E-state index is 13.1. The van der Waals surface area contributed by atoms with Crippen LogP contribution in [0.4, 0.5) is 11.4 Å². The van der Waals surface area contributed by atoms with Crippen LogP contribution in [0.25, 0.3) is 0 Å². The van der Waals surface area contributed by atoms with Crippen molar-refractivity contribution >= 4 is 43.3 Å². The highest BCUT2D eigenvalue weighted by Gasteiger charge is 2.31. The predicted molar refractivity (Wildman–Crippen MR) is 98.6 cm³/mol. The first-order chi connectivity index (χ1) is 12.2. The number of nitro benzene ring substituents is 1. The third kappa shape index (κ3) is 4.58. The zero-order valence-corrected chi connectivity index (χ0v) is 15.8. The first kappa shape index (κ1) is 19.9. The molecule has 0 aromatic heterocycles. The molecular formula is C16H15BrN2O6S. The molecule has 1 N–H and O–H groups in total. The number of carboxylic acid groups (broad SMARTS) is 1. The standard InChI is InChI=1S/C16H15BrN2O6S/c17-12-5-3-6-13(11-12)18(10-4-9-16(20)21)26(24,25)15-8-2-1-7-14(15)19(22)23/h1-3,5-8,11H,4,9-10H2,(H,20,21). The number of nitrogens with zero attached hydrogens (tertiary/aromatic N) is 2. The second-order valence-electron chi connectivity index (χ2n) is 5.28. The predicted octanol–water partition coefficient (Wildman–Crippen LogP) is 3.42. The minimum Gasteiger partial charge on any atom is -0.481 e. The van der Waals surface area contributed by atoms with E-state index < -0.39 is 31.5 Å². The van der Waals surface area contributed by atoms with Gasteiger partial charge in [-0.3, -0.25) is 19.2 Å². The Morgan fingerprint density at radius 3 is 2.50 bits per heavy atom. The quantitative estimate of drug-likeness (QED) is 0.494. The van der Waals surface area contributed by atoms with Crippen molar-refractivity contribution in [3.05, 3.63) is 63.1 Å². The van der Waals surface area contributed by atoms with Crippen LogP contribution in [0, 0.1) is 10.1 Å². The first-order valence-corrected chi connectivity index (χ1v) is 9.70. The summed E-state index contributed by atoms with van der Waals surface area (Å²) in [4.78, 5) is 20.8. The summed E-state index contributed by atoms with van der Waals surface area (Å²) in [5.41, 5.74) is -0.256. The molecule has 0 unspecified atom stereocenters. The molecule has 26 heavy (non-hydrogen) atoms. The maximum Gasteiger partial charge on any atom is 0.303 e. The molecule has 10 heteroatoms. The molecular weight excluding hydrogens is 428 g/mol. The number of hydrogen-bond donors (Lipinski definition) is 1. The number of rotatable bonds is 8. The minimum absolute atomic E-state index is 0.0572. The number of sulfonamides is 1. The summed E-state index contributed by atoms with van der Waals surface area (Å²) >= 11 is 3.26. The van der Waals surface area contributed by atoms with Crippen LogP contribution in [0.1, 0.15) is 12.8 Å². The SMILES string of the molecule is O=C(O)CCCN(c1cccc(Br)c1)S(=O)(=O)c1ccccc1[N+](=O)[O-]. The van der Waals surface area contributed by atoms with E-state index in [0.717, 1.165) is 16.4 Å². The molecule has 0 aliphatic rings. The van der Waals surface area contributed by atoms with Gasteiger partial charge >= 0.3 is 5.97 Å². The van der Waals surface area contributed by atoms with Crippen molar-refractivity contribution in [2.24, 2.45) is 0 Å². The fraction of sp³-hybridized carbons (Fsp3) is 0.188. The van der Waals surface area contributed by atoms with Gasteiger partial charge in [0.05, 0.1) is 10.6 Å². The summed E-state index contributed by atoms with van der Waals surface area (Å²) in [5.74, 6) is -1.05.